The third-order valence-electron chi connectivity index (χ3n) is 4.28. The third-order valence-corrected chi connectivity index (χ3v) is 4.28. The molecule has 1 aliphatic rings. The van der Waals surface area contributed by atoms with Gasteiger partial charge in [0, 0.05) is 6.04 Å². The van der Waals surface area contributed by atoms with E-state index in [0.29, 0.717) is 12.6 Å². The maximum Gasteiger partial charge on any atom is 0.0578 e. The highest BCUT2D eigenvalue weighted by atomic mass is 14.9. The molecular weight excluding hydrogens is 302 g/mol. The number of hydrogen-bond donors (Lipinski definition) is 1. The Bertz CT molecular complexity index is 637. The van der Waals surface area contributed by atoms with Crippen LogP contribution < -0.4 is 5.32 Å². The predicted molar refractivity (Wildman–Crippen MR) is 111 cm³/mol. The molecule has 1 aliphatic carbocycles. The molecule has 0 spiro atoms. The summed E-state index contributed by atoms with van der Waals surface area (Å²) in [7, 11) is 0. The van der Waals surface area contributed by atoms with Crippen LogP contribution in [0.5, 0.6) is 0 Å². The topological polar surface area (TPSA) is 12.0 Å². The van der Waals surface area contributed by atoms with Gasteiger partial charge in [0.25, 0.3) is 0 Å². The molecule has 1 unspecified atom stereocenters. The van der Waals surface area contributed by atoms with Gasteiger partial charge in [-0.2, -0.15) is 0 Å². The first-order valence-corrected chi connectivity index (χ1v) is 9.69. The van der Waals surface area contributed by atoms with Gasteiger partial charge in [-0.3, -0.25) is 5.32 Å². The molecule has 0 fully saturated rings. The van der Waals surface area contributed by atoms with Crippen molar-refractivity contribution in [2.45, 2.75) is 59.4 Å². The molecule has 25 heavy (non-hydrogen) atoms. The molecule has 1 atom stereocenters. The van der Waals surface area contributed by atoms with Gasteiger partial charge in [-0.15, -0.1) is 6.42 Å². The van der Waals surface area contributed by atoms with Crippen molar-refractivity contribution in [2.24, 2.45) is 0 Å². The number of aryl methyl sites for hydroxylation is 3. The molecule has 0 bridgehead atoms. The van der Waals surface area contributed by atoms with Crippen LogP contribution in [-0.4, -0.2) is 6.54 Å². The lowest BCUT2D eigenvalue weighted by Gasteiger charge is -2.12. The fourth-order valence-corrected chi connectivity index (χ4v) is 3.15. The zero-order valence-electron chi connectivity index (χ0n) is 16.3. The van der Waals surface area contributed by atoms with Gasteiger partial charge >= 0.3 is 0 Å². The molecule has 1 nitrogen and oxygen atoms in total. The summed E-state index contributed by atoms with van der Waals surface area (Å²) < 4.78 is 0. The van der Waals surface area contributed by atoms with Crippen molar-refractivity contribution in [2.75, 3.05) is 6.54 Å². The van der Waals surface area contributed by atoms with Gasteiger partial charge in [0.15, 0.2) is 0 Å². The van der Waals surface area contributed by atoms with E-state index in [-0.39, 0.29) is 0 Å². The average molecular weight is 336 g/mol. The molecule has 2 aromatic rings. The molecule has 2 aromatic carbocycles. The van der Waals surface area contributed by atoms with Gasteiger partial charge < -0.3 is 0 Å². The molecular formula is C24H33N. The van der Waals surface area contributed by atoms with Gasteiger partial charge in [0.05, 0.1) is 6.54 Å². The normalized spacial score (nSPS) is 14.3. The Morgan fingerprint density at radius 3 is 2.32 bits per heavy atom. The van der Waals surface area contributed by atoms with Gasteiger partial charge in [-0.25, -0.2) is 0 Å². The summed E-state index contributed by atoms with van der Waals surface area (Å²) in [5.74, 6) is 2.66. The lowest BCUT2D eigenvalue weighted by atomic mass is 10.00. The van der Waals surface area contributed by atoms with Crippen molar-refractivity contribution in [3.63, 3.8) is 0 Å². The highest BCUT2D eigenvalue weighted by Crippen LogP contribution is 2.31. The van der Waals surface area contributed by atoms with Gasteiger partial charge in [-0.05, 0) is 47.9 Å². The van der Waals surface area contributed by atoms with Crippen LogP contribution in [0.2, 0.25) is 0 Å². The van der Waals surface area contributed by atoms with E-state index in [2.05, 4.69) is 59.8 Å². The van der Waals surface area contributed by atoms with E-state index < -0.39 is 0 Å². The molecule has 0 aliphatic heterocycles. The first-order chi connectivity index (χ1) is 12.4. The van der Waals surface area contributed by atoms with Crippen molar-refractivity contribution >= 4 is 0 Å². The molecule has 0 heterocycles. The minimum absolute atomic E-state index is 0.444. The number of hydrogen-bond acceptors (Lipinski definition) is 1. The molecule has 0 radical (unpaired) electrons. The average Bonchev–Trinajstić information content (AvgIpc) is 3.11. The number of terminal acetylenes is 1. The van der Waals surface area contributed by atoms with Gasteiger partial charge in [-0.1, -0.05) is 82.1 Å². The van der Waals surface area contributed by atoms with Crippen molar-refractivity contribution in [3.05, 3.63) is 70.8 Å². The molecule has 3 rings (SSSR count). The van der Waals surface area contributed by atoms with E-state index in [1.807, 2.05) is 27.7 Å². The van der Waals surface area contributed by atoms with E-state index in [1.165, 1.54) is 28.7 Å². The number of benzene rings is 2. The second kappa shape index (κ2) is 12.3. The summed E-state index contributed by atoms with van der Waals surface area (Å²) in [6.45, 7) is 8.65. The minimum atomic E-state index is 0.444. The Kier molecular flexibility index (Phi) is 10.4. The Balaban J connectivity index is 0.000000730. The van der Waals surface area contributed by atoms with Crippen LogP contribution in [-0.2, 0) is 19.3 Å². The predicted octanol–water partition coefficient (Wildman–Crippen LogP) is 5.73. The summed E-state index contributed by atoms with van der Waals surface area (Å²) >= 11 is 0. The Hall–Kier alpha value is -2.04. The first kappa shape index (κ1) is 21.0. The quantitative estimate of drug-likeness (QED) is 0.688. The molecule has 0 saturated heterocycles. The standard InChI is InChI=1S/C20H21N.2C2H6/c1-2-14-21-20-13-11-18-15-17(10-12-19(18)20)9-8-16-6-4-3-5-7-16;2*1-2/h1,3-7,10,12,15,20-21H,8-9,11,13-14H2;2*1-2H3. The highest BCUT2D eigenvalue weighted by Gasteiger charge is 2.21. The maximum atomic E-state index is 5.33. The Labute approximate surface area is 154 Å². The molecule has 0 saturated carbocycles. The second-order valence-electron chi connectivity index (χ2n) is 5.70. The fourth-order valence-electron chi connectivity index (χ4n) is 3.15. The zero-order valence-corrected chi connectivity index (χ0v) is 16.3. The monoisotopic (exact) mass is 335 g/mol. The van der Waals surface area contributed by atoms with E-state index in [0.717, 1.165) is 19.3 Å². The zero-order chi connectivity index (χ0) is 18.5. The van der Waals surface area contributed by atoms with Crippen LogP contribution >= 0.6 is 0 Å². The van der Waals surface area contributed by atoms with E-state index in [9.17, 15) is 0 Å². The fraction of sp³-hybridized carbons (Fsp3) is 0.417. The van der Waals surface area contributed by atoms with Crippen molar-refractivity contribution in [1.29, 1.82) is 0 Å². The smallest absolute Gasteiger partial charge is 0.0578 e. The lowest BCUT2D eigenvalue weighted by Crippen LogP contribution is -2.19. The maximum absolute atomic E-state index is 5.33. The molecule has 0 amide bonds. The minimum Gasteiger partial charge on any atom is -0.299 e. The van der Waals surface area contributed by atoms with E-state index in [1.54, 1.807) is 0 Å². The van der Waals surface area contributed by atoms with Crippen LogP contribution in [0.15, 0.2) is 48.5 Å². The first-order valence-electron chi connectivity index (χ1n) is 9.69. The second-order valence-corrected chi connectivity index (χ2v) is 5.70. The SMILES string of the molecule is C#CCNC1CCc2cc(CCc3ccccc3)ccc21.CC.CC. The Morgan fingerprint density at radius 1 is 0.960 bits per heavy atom. The van der Waals surface area contributed by atoms with Crippen molar-refractivity contribution in [3.8, 4) is 12.3 Å². The van der Waals surface area contributed by atoms with E-state index >= 15 is 0 Å². The number of fused-ring (bicyclic) bond motifs is 1. The van der Waals surface area contributed by atoms with Crippen LogP contribution in [0, 0.1) is 12.3 Å². The van der Waals surface area contributed by atoms with E-state index in [4.69, 9.17) is 6.42 Å². The van der Waals surface area contributed by atoms with Crippen LogP contribution in [0.3, 0.4) is 0 Å². The van der Waals surface area contributed by atoms with Gasteiger partial charge in [0.1, 0.15) is 0 Å². The molecule has 134 valence electrons. The van der Waals surface area contributed by atoms with Gasteiger partial charge in [0.2, 0.25) is 0 Å². The van der Waals surface area contributed by atoms with Crippen molar-refractivity contribution < 1.29 is 0 Å². The largest absolute Gasteiger partial charge is 0.299 e. The molecule has 0 aromatic heterocycles. The number of rotatable bonds is 5. The lowest BCUT2D eigenvalue weighted by molar-refractivity contribution is 0.568. The van der Waals surface area contributed by atoms with Crippen LogP contribution in [0.1, 0.15) is 62.4 Å². The number of nitrogens with one attached hydrogen (secondary N) is 1. The summed E-state index contributed by atoms with van der Waals surface area (Å²) in [6.07, 6.45) is 9.88. The highest BCUT2D eigenvalue weighted by molar-refractivity contribution is 5.38. The van der Waals surface area contributed by atoms with Crippen molar-refractivity contribution in [1.82, 2.24) is 5.32 Å². The summed E-state index contributed by atoms with van der Waals surface area (Å²) in [5, 5.41) is 3.43. The molecule has 1 heteroatoms. The van der Waals surface area contributed by atoms with Crippen LogP contribution in [0.25, 0.3) is 0 Å². The van der Waals surface area contributed by atoms with Crippen LogP contribution in [0.4, 0.5) is 0 Å². The third kappa shape index (κ3) is 6.40. The Morgan fingerprint density at radius 2 is 1.64 bits per heavy atom. The summed E-state index contributed by atoms with van der Waals surface area (Å²) in [6, 6.07) is 18.1. The summed E-state index contributed by atoms with van der Waals surface area (Å²) in [5.41, 5.74) is 5.78. The summed E-state index contributed by atoms with van der Waals surface area (Å²) in [4.78, 5) is 0. The molecule has 1 N–H and O–H groups in total.